The summed E-state index contributed by atoms with van der Waals surface area (Å²) in [4.78, 5) is 49.5. The molecule has 0 radical (unpaired) electrons. The number of carbonyl (C=O) groups is 4. The van der Waals surface area contributed by atoms with Gasteiger partial charge in [0.05, 0.1) is 72.5 Å². The Labute approximate surface area is 266 Å². The summed E-state index contributed by atoms with van der Waals surface area (Å²) in [5.74, 6) is -0.581. The van der Waals surface area contributed by atoms with Gasteiger partial charge in [-0.1, -0.05) is 24.3 Å². The number of hydrogen-bond acceptors (Lipinski definition) is 10. The molecule has 10 nitrogen and oxygen atoms in total. The lowest BCUT2D eigenvalue weighted by Gasteiger charge is -2.64. The summed E-state index contributed by atoms with van der Waals surface area (Å²) >= 11 is 0. The van der Waals surface area contributed by atoms with Crippen molar-refractivity contribution in [3.8, 4) is 0 Å². The van der Waals surface area contributed by atoms with E-state index in [9.17, 15) is 19.2 Å². The monoisotopic (exact) mass is 630 g/mol. The van der Waals surface area contributed by atoms with Crippen LogP contribution in [0, 0.1) is 47.3 Å². The summed E-state index contributed by atoms with van der Waals surface area (Å²) in [5, 5.41) is 0. The van der Waals surface area contributed by atoms with Crippen molar-refractivity contribution in [1.29, 1.82) is 0 Å². The van der Waals surface area contributed by atoms with Gasteiger partial charge in [0.25, 0.3) is 0 Å². The molecule has 10 heteroatoms. The fraction of sp³-hybridized carbons (Fsp3) is 0.722. The van der Waals surface area contributed by atoms with Gasteiger partial charge in [-0.15, -0.1) is 0 Å². The van der Waals surface area contributed by atoms with Crippen molar-refractivity contribution in [2.75, 3.05) is 0 Å². The van der Waals surface area contributed by atoms with E-state index in [0.717, 1.165) is 25.7 Å². The standard InChI is InChI=1S/C36H38O10/c37-33-19-9-27-29(11-21(19)35(39)45-33)43-25-7-17-15(5-23(25)41-27)31-13-3-1-2-4-14(13)32(17)18-8-26-24(6-16(18)31)42-28-10-20-22(12-30(28)44-26)36(40)46-34(20)38/h1-4,15-32H,5-12H2. The highest BCUT2D eigenvalue weighted by molar-refractivity contribution is 5.97. The van der Waals surface area contributed by atoms with Crippen LogP contribution in [0.4, 0.5) is 0 Å². The van der Waals surface area contributed by atoms with Crippen molar-refractivity contribution in [3.63, 3.8) is 0 Å². The molecule has 12 rings (SSSR count). The van der Waals surface area contributed by atoms with Crippen LogP contribution in [0.15, 0.2) is 24.3 Å². The molecule has 0 aromatic heterocycles. The van der Waals surface area contributed by atoms with Gasteiger partial charge in [0.15, 0.2) is 0 Å². The predicted octanol–water partition coefficient (Wildman–Crippen LogP) is 3.20. The summed E-state index contributed by atoms with van der Waals surface area (Å²) in [5.41, 5.74) is 2.97. The van der Waals surface area contributed by atoms with E-state index in [1.165, 1.54) is 11.1 Å². The zero-order valence-electron chi connectivity index (χ0n) is 25.4. The van der Waals surface area contributed by atoms with Gasteiger partial charge in [0.1, 0.15) is 0 Å². The summed E-state index contributed by atoms with van der Waals surface area (Å²) in [6, 6.07) is 9.04. The number of carbonyl (C=O) groups excluding carboxylic acids is 4. The largest absolute Gasteiger partial charge is 0.393 e. The molecule has 1 aromatic carbocycles. The molecule has 4 heterocycles. The van der Waals surface area contributed by atoms with Crippen LogP contribution in [-0.2, 0) is 47.6 Å². The minimum Gasteiger partial charge on any atom is -0.393 e. The normalized spacial score (nSPS) is 54.0. The van der Waals surface area contributed by atoms with Crippen molar-refractivity contribution >= 4 is 23.9 Å². The number of ether oxygens (including phenoxy) is 6. The lowest BCUT2D eigenvalue weighted by atomic mass is 9.43. The van der Waals surface area contributed by atoms with Crippen molar-refractivity contribution in [3.05, 3.63) is 35.4 Å². The summed E-state index contributed by atoms with van der Waals surface area (Å²) < 4.78 is 37.2. The SMILES string of the molecule is O=C1OC(=O)C2CC3OC4CC5C(CC4OC3CC12)C1c2ccccc2C5C2CC3OC4CC5C(=O)OC(=O)C5CC4OC3CC21. The maximum absolute atomic E-state index is 12.4. The van der Waals surface area contributed by atoms with E-state index < -0.39 is 47.5 Å². The molecule has 4 aliphatic heterocycles. The average molecular weight is 631 g/mol. The molecule has 2 bridgehead atoms. The van der Waals surface area contributed by atoms with Crippen LogP contribution >= 0.6 is 0 Å². The maximum atomic E-state index is 12.4. The fourth-order valence-electron chi connectivity index (χ4n) is 12.6. The van der Waals surface area contributed by atoms with Gasteiger partial charge in [-0.3, -0.25) is 19.2 Å². The number of cyclic esters (lactones) is 4. The first kappa shape index (κ1) is 27.3. The highest BCUT2D eigenvalue weighted by Gasteiger charge is 2.64. The van der Waals surface area contributed by atoms with Gasteiger partial charge < -0.3 is 28.4 Å². The molecular formula is C36H38O10. The van der Waals surface area contributed by atoms with Gasteiger partial charge in [0.2, 0.25) is 0 Å². The number of rotatable bonds is 0. The first-order valence-electron chi connectivity index (χ1n) is 17.6. The van der Waals surface area contributed by atoms with Crippen LogP contribution in [0.25, 0.3) is 0 Å². The molecule has 0 N–H and O–H groups in total. The molecule has 1 aromatic rings. The Hall–Kier alpha value is -2.66. The minimum absolute atomic E-state index is 0.0208. The summed E-state index contributed by atoms with van der Waals surface area (Å²) in [6.07, 6.45) is 4.89. The van der Waals surface area contributed by atoms with Crippen LogP contribution in [0.1, 0.15) is 74.3 Å². The number of benzene rings is 1. The third-order valence-electron chi connectivity index (χ3n) is 14.3. The Morgan fingerprint density at radius 2 is 0.652 bits per heavy atom. The van der Waals surface area contributed by atoms with Crippen LogP contribution in [0.2, 0.25) is 0 Å². The van der Waals surface area contributed by atoms with E-state index in [0.29, 0.717) is 61.2 Å². The van der Waals surface area contributed by atoms with Crippen molar-refractivity contribution in [2.45, 2.75) is 112 Å². The highest BCUT2D eigenvalue weighted by atomic mass is 16.6. The Morgan fingerprint density at radius 1 is 0.391 bits per heavy atom. The first-order chi connectivity index (χ1) is 22.4. The molecule has 4 saturated heterocycles. The third-order valence-corrected chi connectivity index (χ3v) is 14.3. The van der Waals surface area contributed by atoms with E-state index in [1.807, 2.05) is 0 Å². The average Bonchev–Trinajstić information content (AvgIpc) is 3.49. The van der Waals surface area contributed by atoms with Crippen LogP contribution in [-0.4, -0.2) is 72.7 Å². The molecule has 0 spiro atoms. The highest BCUT2D eigenvalue weighted by Crippen LogP contribution is 2.68. The third kappa shape index (κ3) is 3.62. The topological polar surface area (TPSA) is 124 Å². The second-order valence-corrected chi connectivity index (χ2v) is 16.0. The molecule has 16 unspecified atom stereocenters. The number of fused-ring (bicyclic) bond motifs is 6. The van der Waals surface area contributed by atoms with Gasteiger partial charge in [-0.05, 0) is 98.0 Å². The Kier molecular flexibility index (Phi) is 5.63. The molecule has 0 amide bonds. The lowest BCUT2D eigenvalue weighted by Crippen LogP contribution is -2.63. The summed E-state index contributed by atoms with van der Waals surface area (Å²) in [7, 11) is 0. The molecular weight excluding hydrogens is 592 g/mol. The van der Waals surface area contributed by atoms with Crippen molar-refractivity contribution in [2.24, 2.45) is 47.3 Å². The minimum atomic E-state index is -0.411. The Morgan fingerprint density at radius 3 is 0.935 bits per heavy atom. The van der Waals surface area contributed by atoms with E-state index in [2.05, 4.69) is 24.3 Å². The quantitative estimate of drug-likeness (QED) is 0.312. The first-order valence-corrected chi connectivity index (χ1v) is 17.6. The fourth-order valence-corrected chi connectivity index (χ4v) is 12.6. The second-order valence-electron chi connectivity index (χ2n) is 16.0. The van der Waals surface area contributed by atoms with Crippen molar-refractivity contribution in [1.82, 2.24) is 0 Å². The predicted molar refractivity (Wildman–Crippen MR) is 154 cm³/mol. The van der Waals surface area contributed by atoms with E-state index in [-0.39, 0.29) is 48.8 Å². The lowest BCUT2D eigenvalue weighted by molar-refractivity contribution is -0.276. The number of esters is 4. The van der Waals surface area contributed by atoms with Crippen LogP contribution in [0.3, 0.4) is 0 Å². The molecule has 5 saturated carbocycles. The Balaban J connectivity index is 0.881. The number of hydrogen-bond donors (Lipinski definition) is 0. The van der Waals surface area contributed by atoms with Crippen LogP contribution < -0.4 is 0 Å². The van der Waals surface area contributed by atoms with E-state index in [1.54, 1.807) is 0 Å². The molecule has 7 aliphatic carbocycles. The molecule has 16 atom stereocenters. The van der Waals surface area contributed by atoms with Gasteiger partial charge >= 0.3 is 23.9 Å². The van der Waals surface area contributed by atoms with E-state index in [4.69, 9.17) is 28.4 Å². The zero-order chi connectivity index (χ0) is 30.6. The van der Waals surface area contributed by atoms with Crippen LogP contribution in [0.5, 0.6) is 0 Å². The van der Waals surface area contributed by atoms with Gasteiger partial charge in [-0.2, -0.15) is 0 Å². The molecule has 46 heavy (non-hydrogen) atoms. The maximum Gasteiger partial charge on any atom is 0.317 e. The van der Waals surface area contributed by atoms with Gasteiger partial charge in [0, 0.05) is 0 Å². The molecule has 11 aliphatic rings. The molecule has 242 valence electrons. The van der Waals surface area contributed by atoms with E-state index >= 15 is 0 Å². The smallest absolute Gasteiger partial charge is 0.317 e. The zero-order valence-corrected chi connectivity index (χ0v) is 25.4. The second kappa shape index (κ2) is 9.49. The van der Waals surface area contributed by atoms with Crippen molar-refractivity contribution < 1.29 is 47.6 Å². The van der Waals surface area contributed by atoms with Gasteiger partial charge in [-0.25, -0.2) is 0 Å². The Bertz CT molecular complexity index is 1360. The summed E-state index contributed by atoms with van der Waals surface area (Å²) in [6.45, 7) is 0. The molecule has 9 fully saturated rings.